The SMILES string of the molecule is C1COC(C2CCC3=NC4CC(C5OCCO5)CCC4=NC3C2)O1. The zero-order chi connectivity index (χ0) is 15.9. The van der Waals surface area contributed by atoms with Gasteiger partial charge in [-0.3, -0.25) is 9.98 Å². The fourth-order valence-electron chi connectivity index (χ4n) is 4.83. The van der Waals surface area contributed by atoms with Crippen molar-refractivity contribution in [3.05, 3.63) is 0 Å². The number of rotatable bonds is 2. The van der Waals surface area contributed by atoms with E-state index in [4.69, 9.17) is 28.9 Å². The Bertz CT molecular complexity index is 489. The van der Waals surface area contributed by atoms with Crippen LogP contribution in [0.15, 0.2) is 9.98 Å². The van der Waals surface area contributed by atoms with E-state index in [2.05, 4.69) is 0 Å². The highest BCUT2D eigenvalue weighted by molar-refractivity contribution is 6.01. The third kappa shape index (κ3) is 2.83. The van der Waals surface area contributed by atoms with Crippen molar-refractivity contribution in [2.75, 3.05) is 26.4 Å². The topological polar surface area (TPSA) is 61.6 Å². The summed E-state index contributed by atoms with van der Waals surface area (Å²) in [6, 6.07) is 0.525. The fraction of sp³-hybridized carbons (Fsp3) is 0.889. The normalized spacial score (nSPS) is 40.8. The van der Waals surface area contributed by atoms with Crippen LogP contribution in [0.2, 0.25) is 0 Å². The Labute approximate surface area is 142 Å². The first-order chi connectivity index (χ1) is 11.9. The second-order valence-corrected chi connectivity index (χ2v) is 7.56. The molecule has 5 rings (SSSR count). The molecule has 0 bridgehead atoms. The van der Waals surface area contributed by atoms with E-state index in [9.17, 15) is 0 Å². The van der Waals surface area contributed by atoms with E-state index >= 15 is 0 Å². The molecule has 6 heteroatoms. The Morgan fingerprint density at radius 2 is 1.04 bits per heavy atom. The molecule has 24 heavy (non-hydrogen) atoms. The molecule has 4 unspecified atom stereocenters. The van der Waals surface area contributed by atoms with Crippen molar-refractivity contribution in [2.45, 2.75) is 63.2 Å². The van der Waals surface area contributed by atoms with Gasteiger partial charge in [0.05, 0.1) is 38.5 Å². The number of hydrogen-bond donors (Lipinski definition) is 0. The number of ether oxygens (including phenoxy) is 4. The molecule has 4 atom stereocenters. The summed E-state index contributed by atoms with van der Waals surface area (Å²) in [5.74, 6) is 0.933. The summed E-state index contributed by atoms with van der Waals surface area (Å²) >= 11 is 0. The highest BCUT2D eigenvalue weighted by atomic mass is 16.7. The predicted octanol–water partition coefficient (Wildman–Crippen LogP) is 1.97. The molecule has 0 N–H and O–H groups in total. The van der Waals surface area contributed by atoms with Crippen LogP contribution in [-0.2, 0) is 18.9 Å². The van der Waals surface area contributed by atoms with E-state index in [0.29, 0.717) is 11.8 Å². The molecule has 0 aromatic rings. The Kier molecular flexibility index (Phi) is 4.17. The molecule has 2 saturated carbocycles. The maximum Gasteiger partial charge on any atom is 0.160 e. The first kappa shape index (κ1) is 15.4. The molecule has 3 heterocycles. The second kappa shape index (κ2) is 6.48. The second-order valence-electron chi connectivity index (χ2n) is 7.56. The van der Waals surface area contributed by atoms with Crippen molar-refractivity contribution < 1.29 is 18.9 Å². The summed E-state index contributed by atoms with van der Waals surface area (Å²) in [6.07, 6.45) is 6.30. The maximum absolute atomic E-state index is 5.71. The lowest BCUT2D eigenvalue weighted by atomic mass is 9.79. The first-order valence-corrected chi connectivity index (χ1v) is 9.46. The van der Waals surface area contributed by atoms with Gasteiger partial charge in [0.15, 0.2) is 12.6 Å². The molecular weight excluding hydrogens is 308 g/mol. The number of aliphatic imine (C=N–C) groups is 2. The predicted molar refractivity (Wildman–Crippen MR) is 88.5 cm³/mol. The number of hydrogen-bond acceptors (Lipinski definition) is 6. The summed E-state index contributed by atoms with van der Waals surface area (Å²) in [6.45, 7) is 2.93. The van der Waals surface area contributed by atoms with Crippen LogP contribution in [0, 0.1) is 11.8 Å². The summed E-state index contributed by atoms with van der Waals surface area (Å²) in [5.41, 5.74) is 2.60. The van der Waals surface area contributed by atoms with Gasteiger partial charge in [-0.25, -0.2) is 0 Å². The molecule has 0 amide bonds. The molecule has 3 aliphatic heterocycles. The third-order valence-electron chi connectivity index (χ3n) is 6.07. The molecule has 0 aromatic carbocycles. The lowest BCUT2D eigenvalue weighted by Crippen LogP contribution is -2.43. The van der Waals surface area contributed by atoms with Crippen LogP contribution in [0.4, 0.5) is 0 Å². The Balaban J connectivity index is 1.27. The van der Waals surface area contributed by atoms with Crippen molar-refractivity contribution in [1.29, 1.82) is 0 Å². The van der Waals surface area contributed by atoms with Gasteiger partial charge in [-0.1, -0.05) is 0 Å². The minimum absolute atomic E-state index is 0.0168. The lowest BCUT2D eigenvalue weighted by Gasteiger charge is -2.38. The van der Waals surface area contributed by atoms with Gasteiger partial charge in [0.1, 0.15) is 0 Å². The van der Waals surface area contributed by atoms with Gasteiger partial charge < -0.3 is 18.9 Å². The van der Waals surface area contributed by atoms with Gasteiger partial charge in [-0.05, 0) is 38.5 Å². The summed E-state index contributed by atoms with van der Waals surface area (Å²) < 4.78 is 22.8. The maximum atomic E-state index is 5.71. The van der Waals surface area contributed by atoms with E-state index in [1.165, 1.54) is 11.4 Å². The van der Waals surface area contributed by atoms with E-state index in [1.807, 2.05) is 0 Å². The monoisotopic (exact) mass is 334 g/mol. The molecule has 0 aromatic heterocycles. The average molecular weight is 334 g/mol. The largest absolute Gasteiger partial charge is 0.350 e. The molecule has 4 fully saturated rings. The minimum atomic E-state index is -0.0168. The zero-order valence-corrected chi connectivity index (χ0v) is 14.1. The summed E-state index contributed by atoms with van der Waals surface area (Å²) in [4.78, 5) is 10.2. The molecule has 5 aliphatic rings. The first-order valence-electron chi connectivity index (χ1n) is 9.46. The smallest absolute Gasteiger partial charge is 0.160 e. The van der Waals surface area contributed by atoms with Crippen LogP contribution >= 0.6 is 0 Å². The van der Waals surface area contributed by atoms with Crippen molar-refractivity contribution in [3.63, 3.8) is 0 Å². The summed E-state index contributed by atoms with van der Waals surface area (Å²) in [7, 11) is 0. The van der Waals surface area contributed by atoms with Crippen LogP contribution in [0.25, 0.3) is 0 Å². The van der Waals surface area contributed by atoms with Gasteiger partial charge >= 0.3 is 0 Å². The molecule has 0 spiro atoms. The number of nitrogens with zero attached hydrogens (tertiary/aromatic N) is 2. The fourth-order valence-corrected chi connectivity index (χ4v) is 4.83. The van der Waals surface area contributed by atoms with E-state index in [0.717, 1.165) is 65.0 Å². The molecule has 2 saturated heterocycles. The minimum Gasteiger partial charge on any atom is -0.350 e. The van der Waals surface area contributed by atoms with Crippen LogP contribution in [0.5, 0.6) is 0 Å². The lowest BCUT2D eigenvalue weighted by molar-refractivity contribution is -0.0903. The molecular formula is C18H26N2O4. The van der Waals surface area contributed by atoms with Crippen molar-refractivity contribution >= 4 is 11.4 Å². The van der Waals surface area contributed by atoms with E-state index < -0.39 is 0 Å². The van der Waals surface area contributed by atoms with E-state index in [1.54, 1.807) is 0 Å². The van der Waals surface area contributed by atoms with Crippen molar-refractivity contribution in [1.82, 2.24) is 0 Å². The Hall–Kier alpha value is -0.820. The van der Waals surface area contributed by atoms with Gasteiger partial charge in [0.25, 0.3) is 0 Å². The quantitative estimate of drug-likeness (QED) is 0.774. The Morgan fingerprint density at radius 1 is 0.625 bits per heavy atom. The number of fused-ring (bicyclic) bond motifs is 2. The van der Waals surface area contributed by atoms with Gasteiger partial charge in [0, 0.05) is 23.3 Å². The molecule has 132 valence electrons. The highest BCUT2D eigenvalue weighted by Gasteiger charge is 2.40. The van der Waals surface area contributed by atoms with Crippen molar-refractivity contribution in [2.24, 2.45) is 21.8 Å². The van der Waals surface area contributed by atoms with Gasteiger partial charge in [-0.15, -0.1) is 0 Å². The molecule has 0 radical (unpaired) electrons. The average Bonchev–Trinajstić information content (AvgIpc) is 3.32. The Morgan fingerprint density at radius 3 is 1.46 bits per heavy atom. The highest BCUT2D eigenvalue weighted by Crippen LogP contribution is 2.37. The third-order valence-corrected chi connectivity index (χ3v) is 6.07. The van der Waals surface area contributed by atoms with Crippen LogP contribution in [0.3, 0.4) is 0 Å². The van der Waals surface area contributed by atoms with Crippen LogP contribution in [0.1, 0.15) is 38.5 Å². The summed E-state index contributed by atoms with van der Waals surface area (Å²) in [5, 5.41) is 0. The zero-order valence-electron chi connectivity index (χ0n) is 14.1. The van der Waals surface area contributed by atoms with Gasteiger partial charge in [-0.2, -0.15) is 0 Å². The van der Waals surface area contributed by atoms with E-state index in [-0.39, 0.29) is 24.7 Å². The standard InChI is InChI=1S/C18H26N2O4/c1-3-13-15(9-11(1)17-21-5-6-22-17)20-14-4-2-12(10-16(14)19-13)18-23-7-8-24-18/h11-12,15-18H,1-10H2. The van der Waals surface area contributed by atoms with Crippen LogP contribution < -0.4 is 0 Å². The molecule has 2 aliphatic carbocycles. The van der Waals surface area contributed by atoms with Crippen LogP contribution in [-0.4, -0.2) is 62.5 Å². The van der Waals surface area contributed by atoms with Crippen molar-refractivity contribution in [3.8, 4) is 0 Å². The molecule has 6 nitrogen and oxygen atoms in total. The van der Waals surface area contributed by atoms with Gasteiger partial charge in [0.2, 0.25) is 0 Å².